The maximum absolute atomic E-state index is 4.50. The largest absolute Gasteiger partial charge is 0.373 e. The van der Waals surface area contributed by atoms with Crippen molar-refractivity contribution in [1.82, 2.24) is 19.9 Å². The average Bonchev–Trinajstić information content (AvgIpc) is 2.38. The van der Waals surface area contributed by atoms with Crippen LogP contribution in [-0.2, 0) is 0 Å². The van der Waals surface area contributed by atoms with Gasteiger partial charge < -0.3 is 5.32 Å². The summed E-state index contributed by atoms with van der Waals surface area (Å²) in [4.78, 5) is 17.3. The summed E-state index contributed by atoms with van der Waals surface area (Å²) in [6.45, 7) is 6.25. The molecular weight excluding hydrogens is 226 g/mol. The minimum Gasteiger partial charge on any atom is -0.373 e. The highest BCUT2D eigenvalue weighted by Gasteiger charge is 2.15. The molecule has 0 bridgehead atoms. The van der Waals surface area contributed by atoms with Crippen LogP contribution >= 0.6 is 0 Å². The second-order valence-corrected chi connectivity index (χ2v) is 4.37. The van der Waals surface area contributed by atoms with Crippen LogP contribution in [0.5, 0.6) is 0 Å². The van der Waals surface area contributed by atoms with Crippen LogP contribution in [0.25, 0.3) is 11.6 Å². The number of nitrogens with zero attached hydrogens (tertiary/aromatic N) is 4. The number of rotatable bonds is 3. The molecule has 0 aliphatic heterocycles. The fourth-order valence-electron chi connectivity index (χ4n) is 1.98. The van der Waals surface area contributed by atoms with Gasteiger partial charge in [0.2, 0.25) is 0 Å². The molecular formula is C13H17N5. The van der Waals surface area contributed by atoms with Gasteiger partial charge in [-0.1, -0.05) is 13.8 Å². The Bertz CT molecular complexity index is 537. The predicted octanol–water partition coefficient (Wildman–Crippen LogP) is 2.41. The first-order valence-electron chi connectivity index (χ1n) is 5.97. The van der Waals surface area contributed by atoms with E-state index in [0.29, 0.717) is 17.6 Å². The highest BCUT2D eigenvalue weighted by molar-refractivity contribution is 5.54. The van der Waals surface area contributed by atoms with Crippen molar-refractivity contribution in [2.24, 2.45) is 0 Å². The molecule has 0 aliphatic rings. The molecule has 5 heteroatoms. The van der Waals surface area contributed by atoms with Gasteiger partial charge in [0.25, 0.3) is 0 Å². The predicted molar refractivity (Wildman–Crippen MR) is 71.4 cm³/mol. The quantitative estimate of drug-likeness (QED) is 0.896. The summed E-state index contributed by atoms with van der Waals surface area (Å²) in [6.07, 6.45) is 3.38. The van der Waals surface area contributed by atoms with Gasteiger partial charge in [0.05, 0.1) is 0 Å². The van der Waals surface area contributed by atoms with E-state index in [1.807, 2.05) is 14.0 Å². The number of nitrogens with one attached hydrogen (secondary N) is 1. The normalized spacial score (nSPS) is 10.7. The molecule has 2 rings (SSSR count). The Morgan fingerprint density at radius 1 is 1.06 bits per heavy atom. The lowest BCUT2D eigenvalue weighted by Crippen LogP contribution is -2.07. The van der Waals surface area contributed by atoms with Crippen molar-refractivity contribution in [1.29, 1.82) is 0 Å². The number of anilines is 1. The van der Waals surface area contributed by atoms with E-state index in [1.54, 1.807) is 18.5 Å². The minimum absolute atomic E-state index is 0.373. The molecule has 0 aliphatic carbocycles. The molecule has 0 atom stereocenters. The Morgan fingerprint density at radius 3 is 2.28 bits per heavy atom. The molecule has 0 saturated carbocycles. The SMILES string of the molecule is CNc1nc(-c2ncccn2)nc(C)c1C(C)C. The second-order valence-electron chi connectivity index (χ2n) is 4.37. The van der Waals surface area contributed by atoms with Crippen molar-refractivity contribution < 1.29 is 0 Å². The van der Waals surface area contributed by atoms with Crippen molar-refractivity contribution in [3.8, 4) is 11.6 Å². The summed E-state index contributed by atoms with van der Waals surface area (Å²) < 4.78 is 0. The molecule has 0 saturated heterocycles. The Labute approximate surface area is 107 Å². The van der Waals surface area contributed by atoms with Gasteiger partial charge in [0, 0.05) is 30.7 Å². The van der Waals surface area contributed by atoms with Gasteiger partial charge in [-0.25, -0.2) is 19.9 Å². The summed E-state index contributed by atoms with van der Waals surface area (Å²) in [6, 6.07) is 1.78. The lowest BCUT2D eigenvalue weighted by molar-refractivity contribution is 0.831. The van der Waals surface area contributed by atoms with Crippen LogP contribution in [0.4, 0.5) is 5.82 Å². The summed E-state index contributed by atoms with van der Waals surface area (Å²) in [5, 5.41) is 3.12. The monoisotopic (exact) mass is 243 g/mol. The van der Waals surface area contributed by atoms with Gasteiger partial charge in [0.15, 0.2) is 11.6 Å². The number of aromatic nitrogens is 4. The van der Waals surface area contributed by atoms with Crippen LogP contribution in [0.15, 0.2) is 18.5 Å². The van der Waals surface area contributed by atoms with Gasteiger partial charge in [0.1, 0.15) is 5.82 Å². The fourth-order valence-corrected chi connectivity index (χ4v) is 1.98. The van der Waals surface area contributed by atoms with Crippen molar-refractivity contribution in [2.45, 2.75) is 26.7 Å². The van der Waals surface area contributed by atoms with Crippen LogP contribution in [-0.4, -0.2) is 27.0 Å². The molecule has 2 aromatic rings. The first kappa shape index (κ1) is 12.4. The highest BCUT2D eigenvalue weighted by Crippen LogP contribution is 2.26. The van der Waals surface area contributed by atoms with Crippen molar-refractivity contribution >= 4 is 5.82 Å². The minimum atomic E-state index is 0.373. The average molecular weight is 243 g/mol. The topological polar surface area (TPSA) is 63.6 Å². The Kier molecular flexibility index (Phi) is 3.50. The number of aryl methyl sites for hydroxylation is 1. The van der Waals surface area contributed by atoms with Gasteiger partial charge in [-0.15, -0.1) is 0 Å². The molecule has 0 fully saturated rings. The van der Waals surface area contributed by atoms with Crippen LogP contribution in [0.3, 0.4) is 0 Å². The Morgan fingerprint density at radius 2 is 1.72 bits per heavy atom. The van der Waals surface area contributed by atoms with Crippen LogP contribution < -0.4 is 5.32 Å². The lowest BCUT2D eigenvalue weighted by atomic mass is 10.0. The third kappa shape index (κ3) is 2.30. The van der Waals surface area contributed by atoms with E-state index in [1.165, 1.54) is 0 Å². The first-order valence-corrected chi connectivity index (χ1v) is 5.97. The van der Waals surface area contributed by atoms with Crippen molar-refractivity contribution in [2.75, 3.05) is 12.4 Å². The molecule has 2 heterocycles. The molecule has 5 nitrogen and oxygen atoms in total. The summed E-state index contributed by atoms with van der Waals surface area (Å²) in [7, 11) is 1.86. The van der Waals surface area contributed by atoms with E-state index in [-0.39, 0.29) is 0 Å². The molecule has 0 radical (unpaired) electrons. The van der Waals surface area contributed by atoms with Crippen LogP contribution in [0.1, 0.15) is 31.0 Å². The van der Waals surface area contributed by atoms with Crippen molar-refractivity contribution in [3.05, 3.63) is 29.7 Å². The zero-order valence-corrected chi connectivity index (χ0v) is 11.1. The van der Waals surface area contributed by atoms with E-state index < -0.39 is 0 Å². The van der Waals surface area contributed by atoms with Gasteiger partial charge in [-0.3, -0.25) is 0 Å². The third-order valence-electron chi connectivity index (χ3n) is 2.72. The van der Waals surface area contributed by atoms with Crippen LogP contribution in [0.2, 0.25) is 0 Å². The molecule has 0 unspecified atom stereocenters. The van der Waals surface area contributed by atoms with E-state index >= 15 is 0 Å². The smallest absolute Gasteiger partial charge is 0.199 e. The van der Waals surface area contributed by atoms with Gasteiger partial charge >= 0.3 is 0 Å². The van der Waals surface area contributed by atoms with E-state index in [0.717, 1.165) is 17.1 Å². The standard InChI is InChI=1S/C13H17N5/c1-8(2)10-9(3)17-13(18-11(10)14-4)12-15-6-5-7-16-12/h5-8H,1-4H3,(H,14,17,18). The van der Waals surface area contributed by atoms with E-state index in [9.17, 15) is 0 Å². The lowest BCUT2D eigenvalue weighted by Gasteiger charge is -2.14. The molecule has 1 N–H and O–H groups in total. The molecule has 18 heavy (non-hydrogen) atoms. The molecule has 0 amide bonds. The second kappa shape index (κ2) is 5.08. The van der Waals surface area contributed by atoms with Crippen molar-refractivity contribution in [3.63, 3.8) is 0 Å². The molecule has 94 valence electrons. The Balaban J connectivity index is 2.56. The molecule has 2 aromatic heterocycles. The number of hydrogen-bond donors (Lipinski definition) is 1. The first-order chi connectivity index (χ1) is 8.63. The molecule has 0 aromatic carbocycles. The summed E-state index contributed by atoms with van der Waals surface area (Å²) in [5.41, 5.74) is 2.10. The highest BCUT2D eigenvalue weighted by atomic mass is 15.1. The third-order valence-corrected chi connectivity index (χ3v) is 2.72. The summed E-state index contributed by atoms with van der Waals surface area (Å²) in [5.74, 6) is 2.33. The van der Waals surface area contributed by atoms with E-state index in [2.05, 4.69) is 39.1 Å². The maximum Gasteiger partial charge on any atom is 0.199 e. The van der Waals surface area contributed by atoms with Gasteiger partial charge in [-0.2, -0.15) is 0 Å². The molecule has 0 spiro atoms. The maximum atomic E-state index is 4.50. The van der Waals surface area contributed by atoms with Gasteiger partial charge in [-0.05, 0) is 18.9 Å². The zero-order valence-electron chi connectivity index (χ0n) is 11.1. The summed E-state index contributed by atoms with van der Waals surface area (Å²) >= 11 is 0. The zero-order chi connectivity index (χ0) is 13.1. The van der Waals surface area contributed by atoms with Crippen LogP contribution in [0, 0.1) is 6.92 Å². The Hall–Kier alpha value is -2.04. The fraction of sp³-hybridized carbons (Fsp3) is 0.385. The number of hydrogen-bond acceptors (Lipinski definition) is 5. The van der Waals surface area contributed by atoms with E-state index in [4.69, 9.17) is 0 Å².